The summed E-state index contributed by atoms with van der Waals surface area (Å²) in [6, 6.07) is 5.91. The first-order valence-electron chi connectivity index (χ1n) is 5.53. The van der Waals surface area contributed by atoms with Gasteiger partial charge in [0.1, 0.15) is 0 Å². The van der Waals surface area contributed by atoms with Gasteiger partial charge in [0.25, 0.3) is 0 Å². The van der Waals surface area contributed by atoms with Crippen LogP contribution in [0.4, 0.5) is 13.2 Å². The molecule has 0 saturated heterocycles. The first-order chi connectivity index (χ1) is 8.37. The van der Waals surface area contributed by atoms with Crippen LogP contribution >= 0.6 is 0 Å². The molecule has 1 heterocycles. The lowest BCUT2D eigenvalue weighted by Crippen LogP contribution is -2.50. The molecule has 0 aromatic heterocycles. The summed E-state index contributed by atoms with van der Waals surface area (Å²) in [4.78, 5) is 13.2. The molecule has 0 bridgehead atoms. The zero-order valence-electron chi connectivity index (χ0n) is 9.79. The molecule has 0 aliphatic carbocycles. The van der Waals surface area contributed by atoms with Crippen molar-refractivity contribution in [2.24, 2.45) is 0 Å². The minimum atomic E-state index is -4.56. The largest absolute Gasteiger partial charge is 0.457 e. The molecule has 1 unspecified atom stereocenters. The summed E-state index contributed by atoms with van der Waals surface area (Å²) in [7, 11) is 1.51. The van der Waals surface area contributed by atoms with Crippen molar-refractivity contribution >= 4 is 5.91 Å². The Hall–Kier alpha value is -1.56. The molecule has 1 aliphatic heterocycles. The lowest BCUT2D eigenvalue weighted by atomic mass is 10.0. The zero-order valence-corrected chi connectivity index (χ0v) is 9.79. The van der Waals surface area contributed by atoms with Crippen molar-refractivity contribution in [3.05, 3.63) is 35.4 Å². The Bertz CT molecular complexity index is 459. The van der Waals surface area contributed by atoms with Crippen molar-refractivity contribution in [2.75, 3.05) is 7.05 Å². The molecule has 0 saturated carbocycles. The van der Waals surface area contributed by atoms with Gasteiger partial charge in [-0.1, -0.05) is 24.3 Å². The van der Waals surface area contributed by atoms with Gasteiger partial charge in [0.05, 0.1) is 6.04 Å². The van der Waals surface area contributed by atoms with Crippen molar-refractivity contribution in [2.45, 2.75) is 25.3 Å². The van der Waals surface area contributed by atoms with Crippen molar-refractivity contribution in [3.8, 4) is 0 Å². The molecule has 6 heteroatoms. The molecular formula is C12H13F3N2O. The van der Waals surface area contributed by atoms with Gasteiger partial charge in [-0.05, 0) is 17.5 Å². The van der Waals surface area contributed by atoms with Gasteiger partial charge < -0.3 is 4.90 Å². The molecule has 1 aliphatic rings. The van der Waals surface area contributed by atoms with Crippen molar-refractivity contribution in [1.29, 1.82) is 0 Å². The van der Waals surface area contributed by atoms with Crippen LogP contribution in [0.5, 0.6) is 0 Å². The topological polar surface area (TPSA) is 32.3 Å². The van der Waals surface area contributed by atoms with E-state index in [1.54, 1.807) is 12.1 Å². The van der Waals surface area contributed by atoms with Gasteiger partial charge >= 0.3 is 6.30 Å². The van der Waals surface area contributed by atoms with Crippen LogP contribution in [-0.4, -0.2) is 30.2 Å². The standard InChI is InChI=1S/C12H13F3N2O/c1-17-7-9-5-3-2-4-8(9)6-10(11(17)18)16-12(13,14)15/h2-5,10,16H,6-7H2,1H3. The SMILES string of the molecule is CN1Cc2ccccc2CC(NC(F)(F)F)C1=O. The number of hydrogen-bond donors (Lipinski definition) is 1. The summed E-state index contributed by atoms with van der Waals surface area (Å²) in [5.74, 6) is -0.538. The number of hydrogen-bond acceptors (Lipinski definition) is 2. The number of nitrogens with one attached hydrogen (secondary N) is 1. The Morgan fingerprint density at radius 1 is 1.28 bits per heavy atom. The fourth-order valence-corrected chi connectivity index (χ4v) is 2.13. The molecule has 1 N–H and O–H groups in total. The van der Waals surface area contributed by atoms with E-state index in [2.05, 4.69) is 0 Å². The number of halogens is 3. The third-order valence-electron chi connectivity index (χ3n) is 2.96. The van der Waals surface area contributed by atoms with Gasteiger partial charge in [0.2, 0.25) is 5.91 Å². The highest BCUT2D eigenvalue weighted by atomic mass is 19.4. The summed E-state index contributed by atoms with van der Waals surface area (Å²) >= 11 is 0. The average Bonchev–Trinajstić information content (AvgIpc) is 2.37. The number of fused-ring (bicyclic) bond motifs is 1. The summed E-state index contributed by atoms with van der Waals surface area (Å²) in [6.45, 7) is 0.338. The summed E-state index contributed by atoms with van der Waals surface area (Å²) in [5.41, 5.74) is 1.66. The van der Waals surface area contributed by atoms with Gasteiger partial charge in [-0.15, -0.1) is 0 Å². The predicted octanol–water partition coefficient (Wildman–Crippen LogP) is 1.68. The molecule has 1 amide bonds. The second-order valence-corrected chi connectivity index (χ2v) is 4.36. The smallest absolute Gasteiger partial charge is 0.340 e. The number of rotatable bonds is 1. The molecule has 98 valence electrons. The highest BCUT2D eigenvalue weighted by molar-refractivity contribution is 5.82. The Labute approximate surface area is 103 Å². The molecule has 1 atom stereocenters. The van der Waals surface area contributed by atoms with Gasteiger partial charge in [-0.25, -0.2) is 5.32 Å². The van der Waals surface area contributed by atoms with Crippen LogP contribution in [0.25, 0.3) is 0 Å². The van der Waals surface area contributed by atoms with E-state index in [-0.39, 0.29) is 6.42 Å². The third-order valence-corrected chi connectivity index (χ3v) is 2.96. The summed E-state index contributed by atoms with van der Waals surface area (Å²) in [5, 5.41) is 1.43. The van der Waals surface area contributed by atoms with E-state index in [0.717, 1.165) is 11.1 Å². The third kappa shape index (κ3) is 2.81. The van der Waals surface area contributed by atoms with E-state index in [9.17, 15) is 18.0 Å². The van der Waals surface area contributed by atoms with Crippen molar-refractivity contribution < 1.29 is 18.0 Å². The number of alkyl halides is 3. The number of carbonyl (C=O) groups excluding carboxylic acids is 1. The first kappa shape index (κ1) is 12.9. The van der Waals surface area contributed by atoms with E-state index in [1.165, 1.54) is 17.3 Å². The number of amides is 1. The van der Waals surface area contributed by atoms with Gasteiger partial charge in [-0.2, -0.15) is 13.2 Å². The van der Waals surface area contributed by atoms with Gasteiger partial charge in [0.15, 0.2) is 0 Å². The quantitative estimate of drug-likeness (QED) is 0.777. The van der Waals surface area contributed by atoms with Gasteiger partial charge in [0, 0.05) is 13.6 Å². The van der Waals surface area contributed by atoms with Crippen LogP contribution in [0.1, 0.15) is 11.1 Å². The van der Waals surface area contributed by atoms with E-state index < -0.39 is 18.2 Å². The Morgan fingerprint density at radius 2 is 1.89 bits per heavy atom. The van der Waals surface area contributed by atoms with Crippen molar-refractivity contribution in [1.82, 2.24) is 10.2 Å². The molecule has 0 radical (unpaired) electrons. The highest BCUT2D eigenvalue weighted by Crippen LogP contribution is 2.21. The van der Waals surface area contributed by atoms with Crippen molar-refractivity contribution in [3.63, 3.8) is 0 Å². The average molecular weight is 258 g/mol. The first-order valence-corrected chi connectivity index (χ1v) is 5.53. The monoisotopic (exact) mass is 258 g/mol. The highest BCUT2D eigenvalue weighted by Gasteiger charge is 2.37. The molecule has 2 rings (SSSR count). The molecule has 18 heavy (non-hydrogen) atoms. The molecule has 0 fully saturated rings. The summed E-state index contributed by atoms with van der Waals surface area (Å²) < 4.78 is 37.1. The van der Waals surface area contributed by atoms with Crippen LogP contribution in [0, 0.1) is 0 Å². The van der Waals surface area contributed by atoms with Crippen LogP contribution in [-0.2, 0) is 17.8 Å². The fourth-order valence-electron chi connectivity index (χ4n) is 2.13. The number of carbonyl (C=O) groups is 1. The van der Waals surface area contributed by atoms with Crippen LogP contribution in [0.3, 0.4) is 0 Å². The van der Waals surface area contributed by atoms with E-state index in [1.807, 2.05) is 12.1 Å². The Kier molecular flexibility index (Phi) is 3.30. The van der Waals surface area contributed by atoms with Crippen LogP contribution in [0.15, 0.2) is 24.3 Å². The Balaban J connectivity index is 2.29. The minimum Gasteiger partial charge on any atom is -0.340 e. The zero-order chi connectivity index (χ0) is 13.3. The van der Waals surface area contributed by atoms with Crippen LogP contribution < -0.4 is 5.32 Å². The summed E-state index contributed by atoms with van der Waals surface area (Å²) in [6.07, 6.45) is -4.50. The maximum Gasteiger partial charge on any atom is 0.457 e. The molecular weight excluding hydrogens is 245 g/mol. The lowest BCUT2D eigenvalue weighted by molar-refractivity contribution is -0.171. The molecule has 3 nitrogen and oxygen atoms in total. The van der Waals surface area contributed by atoms with E-state index in [0.29, 0.717) is 6.54 Å². The number of nitrogens with zero attached hydrogens (tertiary/aromatic N) is 1. The maximum absolute atomic E-state index is 12.4. The lowest BCUT2D eigenvalue weighted by Gasteiger charge is -2.21. The van der Waals surface area contributed by atoms with Crippen LogP contribution in [0.2, 0.25) is 0 Å². The second-order valence-electron chi connectivity index (χ2n) is 4.36. The second kappa shape index (κ2) is 4.61. The number of likely N-dealkylation sites (N-methyl/N-ethyl adjacent to an activating group) is 1. The normalized spacial score (nSPS) is 20.6. The molecule has 0 spiro atoms. The minimum absolute atomic E-state index is 0.0544. The number of benzene rings is 1. The predicted molar refractivity (Wildman–Crippen MR) is 59.6 cm³/mol. The maximum atomic E-state index is 12.4. The van der Waals surface area contributed by atoms with E-state index in [4.69, 9.17) is 0 Å². The fraction of sp³-hybridized carbons (Fsp3) is 0.417. The van der Waals surface area contributed by atoms with E-state index >= 15 is 0 Å². The van der Waals surface area contributed by atoms with Gasteiger partial charge in [-0.3, -0.25) is 4.79 Å². The Morgan fingerprint density at radius 3 is 2.50 bits per heavy atom. The molecule has 1 aromatic carbocycles. The molecule has 1 aromatic rings.